The van der Waals surface area contributed by atoms with Crippen LogP contribution in [0.2, 0.25) is 5.02 Å². The molecule has 3 heterocycles. The van der Waals surface area contributed by atoms with Crippen LogP contribution in [0.15, 0.2) is 47.1 Å². The van der Waals surface area contributed by atoms with E-state index in [9.17, 15) is 27.9 Å². The molecule has 0 bridgehead atoms. The fourth-order valence-electron chi connectivity index (χ4n) is 7.38. The van der Waals surface area contributed by atoms with Crippen LogP contribution in [0.3, 0.4) is 0 Å². The molecule has 6 rings (SSSR count). The van der Waals surface area contributed by atoms with Gasteiger partial charge in [0.25, 0.3) is 5.91 Å². The van der Waals surface area contributed by atoms with E-state index in [4.69, 9.17) is 20.8 Å². The number of carboxylic acid groups (broad SMARTS) is 1. The van der Waals surface area contributed by atoms with Gasteiger partial charge < -0.3 is 24.5 Å². The van der Waals surface area contributed by atoms with Gasteiger partial charge in [0, 0.05) is 37.6 Å². The van der Waals surface area contributed by atoms with Crippen LogP contribution in [-0.4, -0.2) is 109 Å². The highest BCUT2D eigenvalue weighted by Gasteiger charge is 2.40. The summed E-state index contributed by atoms with van der Waals surface area (Å²) in [5.74, 6) is -2.68. The van der Waals surface area contributed by atoms with Gasteiger partial charge in [0.05, 0.1) is 53.6 Å². The first-order valence-corrected chi connectivity index (χ1v) is 19.2. The zero-order valence-electron chi connectivity index (χ0n) is 27.9. The van der Waals surface area contributed by atoms with Crippen LogP contribution in [0.4, 0.5) is 10.1 Å². The van der Waals surface area contributed by atoms with Crippen LogP contribution in [0.5, 0.6) is 0 Å². The van der Waals surface area contributed by atoms with E-state index in [0.29, 0.717) is 82.2 Å². The van der Waals surface area contributed by atoms with Crippen LogP contribution in [0.1, 0.15) is 61.9 Å². The summed E-state index contributed by atoms with van der Waals surface area (Å²) >= 11 is 6.51. The van der Waals surface area contributed by atoms with Crippen molar-refractivity contribution in [2.24, 2.45) is 5.92 Å². The van der Waals surface area contributed by atoms with Crippen molar-refractivity contribution in [3.63, 3.8) is 0 Å². The third kappa shape index (κ3) is 9.09. The molecule has 0 spiro atoms. The Hall–Kier alpha value is -3.56. The minimum Gasteiger partial charge on any atom is -0.481 e. The summed E-state index contributed by atoms with van der Waals surface area (Å²) in [5, 5.41) is 12.7. The summed E-state index contributed by atoms with van der Waals surface area (Å²) in [6.45, 7) is 2.63. The average molecular weight is 749 g/mol. The SMILES string of the molecule is C.CS(=O)(=O)N1CCCN([C@H]2C[C@@H](COC3CCC(C(=O)O)CC3)N(C(=O)Cc3cc(Cl)c(NC(=O)c4coc5ccccc45)cc3F)C2)CC1. The predicted octanol–water partition coefficient (Wildman–Crippen LogP) is 5.25. The van der Waals surface area contributed by atoms with Crippen molar-refractivity contribution >= 4 is 56.1 Å². The molecule has 3 aliphatic rings. The minimum atomic E-state index is -3.32. The lowest BCUT2D eigenvalue weighted by molar-refractivity contribution is -0.144. The lowest BCUT2D eigenvalue weighted by Gasteiger charge is -2.30. The molecule has 278 valence electrons. The molecule has 15 heteroatoms. The van der Waals surface area contributed by atoms with Crippen LogP contribution in [0, 0.1) is 11.7 Å². The summed E-state index contributed by atoms with van der Waals surface area (Å²) in [6.07, 6.45) is 5.75. The lowest BCUT2D eigenvalue weighted by Crippen LogP contribution is -2.42. The number of nitrogens with zero attached hydrogens (tertiary/aromatic N) is 3. The van der Waals surface area contributed by atoms with E-state index in [1.54, 1.807) is 29.2 Å². The highest BCUT2D eigenvalue weighted by Crippen LogP contribution is 2.32. The first-order valence-electron chi connectivity index (χ1n) is 17.0. The maximum absolute atomic E-state index is 15.5. The Morgan fingerprint density at radius 2 is 1.82 bits per heavy atom. The molecule has 51 heavy (non-hydrogen) atoms. The van der Waals surface area contributed by atoms with E-state index in [2.05, 4.69) is 10.2 Å². The number of hydrogen-bond donors (Lipinski definition) is 2. The van der Waals surface area contributed by atoms with Gasteiger partial charge in [0.15, 0.2) is 0 Å². The normalized spacial score (nSPS) is 23.5. The second-order valence-corrected chi connectivity index (χ2v) is 15.9. The predicted molar refractivity (Wildman–Crippen MR) is 192 cm³/mol. The number of carboxylic acids is 1. The number of carbonyl (C=O) groups is 3. The molecule has 3 fully saturated rings. The van der Waals surface area contributed by atoms with E-state index in [1.807, 2.05) is 0 Å². The van der Waals surface area contributed by atoms with E-state index in [0.717, 1.165) is 6.07 Å². The number of para-hydroxylation sites is 1. The average Bonchev–Trinajstić information content (AvgIpc) is 3.62. The molecule has 2 atom stereocenters. The van der Waals surface area contributed by atoms with Gasteiger partial charge >= 0.3 is 5.97 Å². The van der Waals surface area contributed by atoms with Gasteiger partial charge in [0.2, 0.25) is 15.9 Å². The minimum absolute atomic E-state index is 0. The molecule has 12 nitrogen and oxygen atoms in total. The maximum Gasteiger partial charge on any atom is 0.306 e. The molecule has 1 saturated carbocycles. The smallest absolute Gasteiger partial charge is 0.306 e. The number of hydrogen-bond acceptors (Lipinski definition) is 8. The molecule has 0 radical (unpaired) electrons. The largest absolute Gasteiger partial charge is 0.481 e. The van der Waals surface area contributed by atoms with Gasteiger partial charge in [-0.05, 0) is 68.8 Å². The summed E-state index contributed by atoms with van der Waals surface area (Å²) in [7, 11) is -3.32. The lowest BCUT2D eigenvalue weighted by atomic mass is 9.87. The van der Waals surface area contributed by atoms with Crippen LogP contribution in [0.25, 0.3) is 11.0 Å². The van der Waals surface area contributed by atoms with Crippen LogP contribution in [-0.2, 0) is 30.8 Å². The number of likely N-dealkylation sites (tertiary alicyclic amines) is 1. The Kier molecular flexibility index (Phi) is 12.4. The number of ether oxygens (including phenoxy) is 1. The van der Waals surface area contributed by atoms with Crippen molar-refractivity contribution in [1.82, 2.24) is 14.1 Å². The van der Waals surface area contributed by atoms with Gasteiger partial charge in [-0.15, -0.1) is 0 Å². The summed E-state index contributed by atoms with van der Waals surface area (Å²) in [5.41, 5.74) is 0.955. The standard InChI is InChI=1S/C35H42ClFN4O8S.CH4/c1-50(46,47)40-12-4-11-39(13-14-40)24-17-25(20-48-26-9-7-22(8-10-26)35(44)45)41(19-24)33(42)16-23-15-29(36)31(18-30(23)37)38-34(43)28-21-49-32-6-3-2-5-27(28)32;/h2-3,5-6,15,18,21-22,24-26H,4,7-14,16-17,19-20H2,1H3,(H,38,43)(H,44,45);1H4/t22?,24-,25-,26?;/m0./s1. The second kappa shape index (κ2) is 16.4. The summed E-state index contributed by atoms with van der Waals surface area (Å²) < 4.78 is 53.1. The third-order valence-corrected chi connectivity index (χ3v) is 11.8. The highest BCUT2D eigenvalue weighted by molar-refractivity contribution is 7.88. The van der Waals surface area contributed by atoms with Crippen molar-refractivity contribution in [2.75, 3.05) is 50.9 Å². The maximum atomic E-state index is 15.5. The number of benzene rings is 2. The fraction of sp³-hybridized carbons (Fsp3) is 0.528. The molecule has 2 N–H and O–H groups in total. The number of aliphatic carboxylic acids is 1. The summed E-state index contributed by atoms with van der Waals surface area (Å²) in [4.78, 5) is 42.2. The van der Waals surface area contributed by atoms with Gasteiger partial charge in [-0.2, -0.15) is 0 Å². The molecular formula is C36H46ClFN4O8S. The molecule has 3 aromatic rings. The molecule has 2 aromatic carbocycles. The molecule has 2 saturated heterocycles. The number of sulfonamides is 1. The Balaban J connectivity index is 0.00000504. The Morgan fingerprint density at radius 1 is 1.08 bits per heavy atom. The number of halogens is 2. The number of amides is 2. The van der Waals surface area contributed by atoms with Gasteiger partial charge in [-0.25, -0.2) is 17.1 Å². The Labute approximate surface area is 302 Å². The number of nitrogens with one attached hydrogen (secondary N) is 1. The van der Waals surface area contributed by atoms with E-state index in [-0.39, 0.29) is 72.3 Å². The zero-order valence-corrected chi connectivity index (χ0v) is 29.4. The van der Waals surface area contributed by atoms with Gasteiger partial charge in [-0.1, -0.05) is 37.2 Å². The first-order chi connectivity index (χ1) is 23.9. The van der Waals surface area contributed by atoms with Crippen molar-refractivity contribution in [1.29, 1.82) is 0 Å². The van der Waals surface area contributed by atoms with E-state index < -0.39 is 27.7 Å². The number of carbonyl (C=O) groups excluding carboxylic acids is 2. The molecule has 1 aliphatic carbocycles. The Bertz CT molecular complexity index is 1850. The Morgan fingerprint density at radius 3 is 2.55 bits per heavy atom. The third-order valence-electron chi connectivity index (χ3n) is 10.2. The number of furan rings is 1. The number of anilines is 1. The zero-order chi connectivity index (χ0) is 35.6. The molecule has 2 amide bonds. The second-order valence-electron chi connectivity index (χ2n) is 13.5. The van der Waals surface area contributed by atoms with E-state index >= 15 is 4.39 Å². The molecule has 2 aliphatic heterocycles. The quantitative estimate of drug-likeness (QED) is 0.284. The molecular weight excluding hydrogens is 703 g/mol. The van der Waals surface area contributed by atoms with Crippen LogP contribution < -0.4 is 5.32 Å². The van der Waals surface area contributed by atoms with Crippen LogP contribution >= 0.6 is 11.6 Å². The van der Waals surface area contributed by atoms with Gasteiger partial charge in [0.1, 0.15) is 17.7 Å². The van der Waals surface area contributed by atoms with Crippen molar-refractivity contribution in [3.8, 4) is 0 Å². The fourth-order valence-corrected chi connectivity index (χ4v) is 8.49. The van der Waals surface area contributed by atoms with Crippen molar-refractivity contribution in [2.45, 2.75) is 70.6 Å². The monoisotopic (exact) mass is 748 g/mol. The number of rotatable bonds is 10. The molecule has 0 unspecified atom stereocenters. The highest BCUT2D eigenvalue weighted by atomic mass is 35.5. The first kappa shape index (κ1) is 38.7. The number of fused-ring (bicyclic) bond motifs is 1. The van der Waals surface area contributed by atoms with Gasteiger partial charge in [-0.3, -0.25) is 19.3 Å². The van der Waals surface area contributed by atoms with E-state index in [1.165, 1.54) is 22.9 Å². The summed E-state index contributed by atoms with van der Waals surface area (Å²) in [6, 6.07) is 9.15. The topological polar surface area (TPSA) is 150 Å². The van der Waals surface area contributed by atoms with Crippen molar-refractivity contribution < 1.29 is 41.5 Å². The molecule has 1 aromatic heterocycles. The van der Waals surface area contributed by atoms with Crippen molar-refractivity contribution in [3.05, 3.63) is 64.6 Å².